The van der Waals surface area contributed by atoms with E-state index in [4.69, 9.17) is 9.84 Å². The maximum absolute atomic E-state index is 12.7. The maximum atomic E-state index is 12.7. The first-order chi connectivity index (χ1) is 16.9. The lowest BCUT2D eigenvalue weighted by Gasteiger charge is -2.39. The van der Waals surface area contributed by atoms with E-state index in [2.05, 4.69) is 29.6 Å². The van der Waals surface area contributed by atoms with Crippen LogP contribution in [0.15, 0.2) is 48.5 Å². The molecule has 0 saturated heterocycles. The van der Waals surface area contributed by atoms with Crippen molar-refractivity contribution in [2.45, 2.75) is 56.5 Å². The van der Waals surface area contributed by atoms with E-state index in [9.17, 15) is 14.4 Å². The van der Waals surface area contributed by atoms with E-state index in [1.807, 2.05) is 24.3 Å². The van der Waals surface area contributed by atoms with Crippen LogP contribution in [-0.4, -0.2) is 53.7 Å². The highest BCUT2D eigenvalue weighted by Gasteiger charge is 2.39. The Morgan fingerprint density at radius 1 is 0.971 bits per heavy atom. The number of alkyl carbamates (subject to hydrolysis) is 1. The summed E-state index contributed by atoms with van der Waals surface area (Å²) >= 11 is 0. The summed E-state index contributed by atoms with van der Waals surface area (Å²) in [7, 11) is 1.77. The lowest BCUT2D eigenvalue weighted by molar-refractivity contribution is -0.150. The predicted octanol–water partition coefficient (Wildman–Crippen LogP) is 4.41. The number of carboxylic acids is 1. The van der Waals surface area contributed by atoms with Crippen molar-refractivity contribution in [1.82, 2.24) is 10.2 Å². The van der Waals surface area contributed by atoms with Crippen LogP contribution in [-0.2, 0) is 14.3 Å². The van der Waals surface area contributed by atoms with Crippen LogP contribution in [0.5, 0.6) is 0 Å². The largest absolute Gasteiger partial charge is 0.481 e. The van der Waals surface area contributed by atoms with Gasteiger partial charge in [-0.1, -0.05) is 48.5 Å². The first kappa shape index (κ1) is 23.4. The van der Waals surface area contributed by atoms with Crippen LogP contribution in [0, 0.1) is 11.8 Å². The number of carbonyl (C=O) groups excluding carboxylic acids is 2. The van der Waals surface area contributed by atoms with E-state index in [-0.39, 0.29) is 42.4 Å². The first-order valence-corrected chi connectivity index (χ1v) is 12.5. The molecular formula is C28H32N2O5. The number of nitrogens with zero attached hydrogens (tertiary/aromatic N) is 1. The molecular weight excluding hydrogens is 444 g/mol. The third-order valence-electron chi connectivity index (χ3n) is 8.07. The van der Waals surface area contributed by atoms with E-state index < -0.39 is 12.1 Å². The number of fused-ring (bicyclic) bond motifs is 3. The number of hydrogen-bond acceptors (Lipinski definition) is 4. The standard InChI is InChI=1S/C28H32N2O5/c1-30(20-14-18(15-20)27(32)33)26(31)13-17-10-11-19(12-17)29-28(34)35-16-25-23-8-4-2-6-21(23)22-7-3-5-9-24(22)25/h2-9,17-20,25H,10-16H2,1H3,(H,29,34)(H,32,33). The Morgan fingerprint density at radius 3 is 2.23 bits per heavy atom. The second-order valence-corrected chi connectivity index (χ2v) is 10.2. The molecule has 2 aromatic carbocycles. The molecule has 2 amide bonds. The van der Waals surface area contributed by atoms with Crippen molar-refractivity contribution in [3.63, 3.8) is 0 Å². The minimum absolute atomic E-state index is 0.00819. The summed E-state index contributed by atoms with van der Waals surface area (Å²) in [5.41, 5.74) is 4.77. The summed E-state index contributed by atoms with van der Waals surface area (Å²) < 4.78 is 5.67. The number of ether oxygens (including phenoxy) is 1. The zero-order valence-corrected chi connectivity index (χ0v) is 20.0. The molecule has 7 nitrogen and oxygen atoms in total. The quantitative estimate of drug-likeness (QED) is 0.617. The molecule has 3 aliphatic carbocycles. The smallest absolute Gasteiger partial charge is 0.407 e. The van der Waals surface area contributed by atoms with Crippen LogP contribution in [0.3, 0.4) is 0 Å². The van der Waals surface area contributed by atoms with Gasteiger partial charge in [0.05, 0.1) is 5.92 Å². The van der Waals surface area contributed by atoms with Crippen LogP contribution in [0.1, 0.15) is 55.6 Å². The molecule has 2 saturated carbocycles. The number of rotatable bonds is 7. The van der Waals surface area contributed by atoms with Gasteiger partial charge in [0, 0.05) is 31.5 Å². The average Bonchev–Trinajstić information content (AvgIpc) is 3.38. The van der Waals surface area contributed by atoms with Crippen molar-refractivity contribution < 1.29 is 24.2 Å². The van der Waals surface area contributed by atoms with Gasteiger partial charge in [0.15, 0.2) is 0 Å². The Balaban J connectivity index is 1.08. The van der Waals surface area contributed by atoms with Crippen LogP contribution in [0.25, 0.3) is 11.1 Å². The number of amides is 2. The highest BCUT2D eigenvalue weighted by molar-refractivity contribution is 5.79. The van der Waals surface area contributed by atoms with Gasteiger partial charge in [-0.3, -0.25) is 9.59 Å². The molecule has 184 valence electrons. The van der Waals surface area contributed by atoms with Gasteiger partial charge in [0.25, 0.3) is 0 Å². The number of benzene rings is 2. The summed E-state index contributed by atoms with van der Waals surface area (Å²) in [6, 6.07) is 16.6. The van der Waals surface area contributed by atoms with Crippen LogP contribution in [0.4, 0.5) is 4.79 Å². The lowest BCUT2D eigenvalue weighted by atomic mass is 9.79. The normalized spacial score (nSPS) is 24.7. The van der Waals surface area contributed by atoms with Gasteiger partial charge >= 0.3 is 12.1 Å². The van der Waals surface area contributed by atoms with Crippen molar-refractivity contribution in [3.8, 4) is 11.1 Å². The Kier molecular flexibility index (Phi) is 6.50. The molecule has 2 atom stereocenters. The van der Waals surface area contributed by atoms with Gasteiger partial charge in [0.2, 0.25) is 5.91 Å². The topological polar surface area (TPSA) is 95.9 Å². The zero-order valence-electron chi connectivity index (χ0n) is 20.0. The van der Waals surface area contributed by atoms with Crippen molar-refractivity contribution >= 4 is 18.0 Å². The number of nitrogens with one attached hydrogen (secondary N) is 1. The molecule has 2 fully saturated rings. The third kappa shape index (κ3) is 4.77. The summed E-state index contributed by atoms with van der Waals surface area (Å²) in [5.74, 6) is -0.790. The summed E-state index contributed by atoms with van der Waals surface area (Å²) in [6.07, 6.45) is 3.57. The fourth-order valence-corrected chi connectivity index (χ4v) is 5.90. The number of carbonyl (C=O) groups is 3. The van der Waals surface area contributed by atoms with Crippen LogP contribution in [0.2, 0.25) is 0 Å². The lowest BCUT2D eigenvalue weighted by Crippen LogP contribution is -2.48. The van der Waals surface area contributed by atoms with E-state index in [1.165, 1.54) is 22.3 Å². The zero-order chi connectivity index (χ0) is 24.5. The maximum Gasteiger partial charge on any atom is 0.407 e. The highest BCUT2D eigenvalue weighted by atomic mass is 16.5. The number of hydrogen-bond donors (Lipinski definition) is 2. The fourth-order valence-electron chi connectivity index (χ4n) is 5.90. The second kappa shape index (κ2) is 9.72. The van der Waals surface area contributed by atoms with Gasteiger partial charge in [0.1, 0.15) is 6.61 Å². The summed E-state index contributed by atoms with van der Waals surface area (Å²) in [5, 5.41) is 12.0. The average molecular weight is 477 g/mol. The minimum atomic E-state index is -0.778. The molecule has 2 unspecified atom stereocenters. The SMILES string of the molecule is CN(C(=O)CC1CCC(NC(=O)OCC2c3ccccc3-c3ccccc32)C1)C1CC(C(=O)O)C1. The van der Waals surface area contributed by atoms with E-state index in [1.54, 1.807) is 11.9 Å². The molecule has 0 aliphatic heterocycles. The van der Waals surface area contributed by atoms with Gasteiger partial charge in [-0.25, -0.2) is 4.79 Å². The molecule has 35 heavy (non-hydrogen) atoms. The summed E-state index contributed by atoms with van der Waals surface area (Å²) in [4.78, 5) is 38.0. The highest BCUT2D eigenvalue weighted by Crippen LogP contribution is 2.44. The molecule has 0 spiro atoms. The van der Waals surface area contributed by atoms with Gasteiger partial charge in [-0.05, 0) is 60.3 Å². The fraction of sp³-hybridized carbons (Fsp3) is 0.464. The van der Waals surface area contributed by atoms with Crippen LogP contribution >= 0.6 is 0 Å². The molecule has 2 N–H and O–H groups in total. The van der Waals surface area contributed by atoms with Crippen molar-refractivity contribution in [3.05, 3.63) is 59.7 Å². The third-order valence-corrected chi connectivity index (χ3v) is 8.07. The Bertz CT molecular complexity index is 1080. The number of aliphatic carboxylic acids is 1. The molecule has 0 aromatic heterocycles. The Hall–Kier alpha value is -3.35. The second-order valence-electron chi connectivity index (χ2n) is 10.2. The Labute approximate surface area is 205 Å². The van der Waals surface area contributed by atoms with E-state index >= 15 is 0 Å². The first-order valence-electron chi connectivity index (χ1n) is 12.5. The van der Waals surface area contributed by atoms with Gasteiger partial charge in [-0.15, -0.1) is 0 Å². The Morgan fingerprint density at radius 2 is 1.60 bits per heavy atom. The van der Waals surface area contributed by atoms with Gasteiger partial charge in [-0.2, -0.15) is 0 Å². The van der Waals surface area contributed by atoms with E-state index in [0.29, 0.717) is 19.3 Å². The minimum Gasteiger partial charge on any atom is -0.481 e. The number of carboxylic acid groups (broad SMARTS) is 1. The summed E-state index contributed by atoms with van der Waals surface area (Å²) in [6.45, 7) is 0.290. The molecule has 2 aromatic rings. The predicted molar refractivity (Wildman–Crippen MR) is 131 cm³/mol. The molecule has 0 bridgehead atoms. The molecule has 0 radical (unpaired) electrons. The van der Waals surface area contributed by atoms with Crippen molar-refractivity contribution in [1.29, 1.82) is 0 Å². The van der Waals surface area contributed by atoms with Crippen molar-refractivity contribution in [2.75, 3.05) is 13.7 Å². The molecule has 5 rings (SSSR count). The molecule has 7 heteroatoms. The van der Waals surface area contributed by atoms with Crippen LogP contribution < -0.4 is 5.32 Å². The van der Waals surface area contributed by atoms with Gasteiger partial charge < -0.3 is 20.1 Å². The molecule has 3 aliphatic rings. The molecule has 0 heterocycles. The monoisotopic (exact) mass is 476 g/mol. The van der Waals surface area contributed by atoms with E-state index in [0.717, 1.165) is 19.3 Å². The van der Waals surface area contributed by atoms with Crippen molar-refractivity contribution in [2.24, 2.45) is 11.8 Å².